The van der Waals surface area contributed by atoms with Gasteiger partial charge in [-0.25, -0.2) is 4.39 Å². The van der Waals surface area contributed by atoms with Gasteiger partial charge in [0.2, 0.25) is 5.95 Å². The van der Waals surface area contributed by atoms with E-state index in [2.05, 4.69) is 15.5 Å². The maximum Gasteiger partial charge on any atom is 0.419 e. The minimum absolute atomic E-state index is 0.0213. The van der Waals surface area contributed by atoms with Crippen molar-refractivity contribution in [2.75, 3.05) is 12.4 Å². The summed E-state index contributed by atoms with van der Waals surface area (Å²) in [5, 5.41) is 10.1. The molecule has 0 aliphatic carbocycles. The van der Waals surface area contributed by atoms with Crippen molar-refractivity contribution in [1.82, 2.24) is 14.8 Å². The first-order valence-electron chi connectivity index (χ1n) is 5.29. The van der Waals surface area contributed by atoms with Crippen molar-refractivity contribution in [1.29, 1.82) is 0 Å². The molecule has 0 unspecified atom stereocenters. The van der Waals surface area contributed by atoms with Gasteiger partial charge in [0.05, 0.1) is 11.1 Å². The van der Waals surface area contributed by atoms with Crippen LogP contribution in [0.1, 0.15) is 5.56 Å². The highest BCUT2D eigenvalue weighted by Gasteiger charge is 2.35. The molecular formula is C11H10F4N4. The molecule has 0 amide bonds. The van der Waals surface area contributed by atoms with Gasteiger partial charge in [0, 0.05) is 14.1 Å². The molecule has 2 aromatic rings. The Morgan fingerprint density at radius 2 is 1.89 bits per heavy atom. The number of anilines is 1. The monoisotopic (exact) mass is 274 g/mol. The molecule has 1 N–H and O–H groups in total. The van der Waals surface area contributed by atoms with Gasteiger partial charge >= 0.3 is 6.18 Å². The number of hydrogen-bond donors (Lipinski definition) is 1. The van der Waals surface area contributed by atoms with E-state index < -0.39 is 17.6 Å². The number of hydrogen-bond acceptors (Lipinski definition) is 3. The summed E-state index contributed by atoms with van der Waals surface area (Å²) in [5.74, 6) is -1.01. The predicted molar refractivity (Wildman–Crippen MR) is 60.9 cm³/mol. The molecule has 0 aliphatic heterocycles. The zero-order valence-electron chi connectivity index (χ0n) is 10.1. The molecule has 1 aromatic carbocycles. The number of nitrogens with zero attached hydrogens (tertiary/aromatic N) is 3. The maximum absolute atomic E-state index is 13.9. The van der Waals surface area contributed by atoms with Gasteiger partial charge in [0.1, 0.15) is 5.82 Å². The summed E-state index contributed by atoms with van der Waals surface area (Å²) < 4.78 is 53.2. The Kier molecular flexibility index (Phi) is 3.17. The second-order valence-electron chi connectivity index (χ2n) is 3.82. The Morgan fingerprint density at radius 3 is 2.42 bits per heavy atom. The van der Waals surface area contributed by atoms with Crippen LogP contribution >= 0.6 is 0 Å². The van der Waals surface area contributed by atoms with Crippen LogP contribution in [0.25, 0.3) is 11.4 Å². The van der Waals surface area contributed by atoms with Crippen LogP contribution in [-0.4, -0.2) is 21.8 Å². The molecule has 0 spiro atoms. The molecule has 8 heteroatoms. The SMILES string of the molecule is CNc1nnc(-c2cccc(C(F)(F)F)c2F)n1C. The van der Waals surface area contributed by atoms with Crippen molar-refractivity contribution < 1.29 is 17.6 Å². The normalized spacial score (nSPS) is 11.7. The van der Waals surface area contributed by atoms with Crippen molar-refractivity contribution in [3.05, 3.63) is 29.6 Å². The second-order valence-corrected chi connectivity index (χ2v) is 3.82. The van der Waals surface area contributed by atoms with Crippen molar-refractivity contribution >= 4 is 5.95 Å². The Morgan fingerprint density at radius 1 is 1.21 bits per heavy atom. The number of halogens is 4. The standard InChI is InChI=1S/C11H10F4N4/c1-16-10-18-17-9(19(10)2)6-4-3-5-7(8(6)12)11(13,14)15/h3-5H,1-2H3,(H,16,18). The first-order valence-corrected chi connectivity index (χ1v) is 5.29. The minimum Gasteiger partial charge on any atom is -0.357 e. The fourth-order valence-electron chi connectivity index (χ4n) is 1.71. The number of alkyl halides is 3. The van der Waals surface area contributed by atoms with Crippen molar-refractivity contribution in [2.45, 2.75) is 6.18 Å². The summed E-state index contributed by atoms with van der Waals surface area (Å²) in [6, 6.07) is 3.05. The van der Waals surface area contributed by atoms with Crippen LogP contribution in [0.4, 0.5) is 23.5 Å². The van der Waals surface area contributed by atoms with E-state index in [1.807, 2.05) is 0 Å². The Bertz CT molecular complexity index is 603. The van der Waals surface area contributed by atoms with Gasteiger partial charge in [-0.2, -0.15) is 13.2 Å². The summed E-state index contributed by atoms with van der Waals surface area (Å²) in [7, 11) is 3.11. The summed E-state index contributed by atoms with van der Waals surface area (Å²) in [5.41, 5.74) is -1.56. The van der Waals surface area contributed by atoms with Crippen LogP contribution in [0.15, 0.2) is 18.2 Å². The molecular weight excluding hydrogens is 264 g/mol. The van der Waals surface area contributed by atoms with Crippen LogP contribution in [0.5, 0.6) is 0 Å². The quantitative estimate of drug-likeness (QED) is 0.856. The molecule has 19 heavy (non-hydrogen) atoms. The average molecular weight is 274 g/mol. The van der Waals surface area contributed by atoms with Crippen LogP contribution in [0.3, 0.4) is 0 Å². The van der Waals surface area contributed by atoms with E-state index in [4.69, 9.17) is 0 Å². The third-order valence-corrected chi connectivity index (χ3v) is 2.64. The molecule has 0 saturated heterocycles. The summed E-state index contributed by atoms with van der Waals surface area (Å²) >= 11 is 0. The van der Waals surface area contributed by atoms with Gasteiger partial charge in [-0.15, -0.1) is 10.2 Å². The van der Waals surface area contributed by atoms with Crippen LogP contribution < -0.4 is 5.32 Å². The topological polar surface area (TPSA) is 42.7 Å². The lowest BCUT2D eigenvalue weighted by atomic mass is 10.1. The van der Waals surface area contributed by atoms with Gasteiger partial charge in [0.15, 0.2) is 5.82 Å². The lowest BCUT2D eigenvalue weighted by Crippen LogP contribution is -2.09. The first kappa shape index (κ1) is 13.3. The van der Waals surface area contributed by atoms with Gasteiger partial charge < -0.3 is 5.32 Å². The van der Waals surface area contributed by atoms with Gasteiger partial charge in [0.25, 0.3) is 0 Å². The third kappa shape index (κ3) is 2.25. The van der Waals surface area contributed by atoms with E-state index in [1.165, 1.54) is 17.7 Å². The highest BCUT2D eigenvalue weighted by Crippen LogP contribution is 2.35. The van der Waals surface area contributed by atoms with Gasteiger partial charge in [-0.1, -0.05) is 6.07 Å². The molecule has 0 radical (unpaired) electrons. The zero-order valence-corrected chi connectivity index (χ0v) is 10.1. The smallest absolute Gasteiger partial charge is 0.357 e. The molecule has 1 heterocycles. The molecule has 102 valence electrons. The molecule has 0 atom stereocenters. The average Bonchev–Trinajstić information content (AvgIpc) is 2.69. The Labute approximate surface area is 106 Å². The van der Waals surface area contributed by atoms with E-state index in [-0.39, 0.29) is 11.4 Å². The zero-order chi connectivity index (χ0) is 14.2. The Balaban J connectivity index is 2.60. The fourth-order valence-corrected chi connectivity index (χ4v) is 1.71. The predicted octanol–water partition coefficient (Wildman–Crippen LogP) is 2.68. The van der Waals surface area contributed by atoms with E-state index in [9.17, 15) is 17.6 Å². The summed E-state index contributed by atoms with van der Waals surface area (Å²) in [6.45, 7) is 0. The lowest BCUT2D eigenvalue weighted by molar-refractivity contribution is -0.139. The van der Waals surface area contributed by atoms with Crippen molar-refractivity contribution in [3.8, 4) is 11.4 Å². The van der Waals surface area contributed by atoms with Gasteiger partial charge in [-0.3, -0.25) is 4.57 Å². The van der Waals surface area contributed by atoms with E-state index in [0.717, 1.165) is 6.07 Å². The molecule has 0 saturated carbocycles. The molecule has 0 aliphatic rings. The molecule has 4 nitrogen and oxygen atoms in total. The maximum atomic E-state index is 13.9. The largest absolute Gasteiger partial charge is 0.419 e. The molecule has 0 bridgehead atoms. The van der Waals surface area contributed by atoms with E-state index >= 15 is 0 Å². The number of aromatic nitrogens is 3. The van der Waals surface area contributed by atoms with Crippen molar-refractivity contribution in [2.24, 2.45) is 7.05 Å². The first-order chi connectivity index (χ1) is 8.86. The van der Waals surface area contributed by atoms with E-state index in [0.29, 0.717) is 12.0 Å². The molecule has 0 fully saturated rings. The summed E-state index contributed by atoms with van der Waals surface area (Å²) in [4.78, 5) is 0. The number of nitrogens with one attached hydrogen (secondary N) is 1. The minimum atomic E-state index is -4.75. The Hall–Kier alpha value is -2.12. The lowest BCUT2D eigenvalue weighted by Gasteiger charge is -2.10. The van der Waals surface area contributed by atoms with Gasteiger partial charge in [-0.05, 0) is 12.1 Å². The third-order valence-electron chi connectivity index (χ3n) is 2.64. The second kappa shape index (κ2) is 4.52. The highest BCUT2D eigenvalue weighted by molar-refractivity contribution is 5.59. The number of rotatable bonds is 2. The summed E-state index contributed by atoms with van der Waals surface area (Å²) in [6.07, 6.45) is -4.75. The van der Waals surface area contributed by atoms with E-state index in [1.54, 1.807) is 7.05 Å². The molecule has 1 aromatic heterocycles. The van der Waals surface area contributed by atoms with Crippen molar-refractivity contribution in [3.63, 3.8) is 0 Å². The molecule has 2 rings (SSSR count). The van der Waals surface area contributed by atoms with Crippen LogP contribution in [0.2, 0.25) is 0 Å². The highest BCUT2D eigenvalue weighted by atomic mass is 19.4. The fraction of sp³-hybridized carbons (Fsp3) is 0.273. The van der Waals surface area contributed by atoms with Crippen LogP contribution in [0, 0.1) is 5.82 Å². The van der Waals surface area contributed by atoms with Crippen LogP contribution in [-0.2, 0) is 13.2 Å². The number of benzene rings is 1.